The Bertz CT molecular complexity index is 1190. The van der Waals surface area contributed by atoms with Crippen LogP contribution in [0, 0.1) is 11.6 Å². The summed E-state index contributed by atoms with van der Waals surface area (Å²) in [7, 11) is 0. The van der Waals surface area contributed by atoms with E-state index in [1.165, 1.54) is 0 Å². The molecule has 0 saturated carbocycles. The zero-order valence-corrected chi connectivity index (χ0v) is 20.8. The minimum absolute atomic E-state index is 0.0802. The first-order valence-electron chi connectivity index (χ1n) is 11.3. The second-order valence-electron chi connectivity index (χ2n) is 8.64. The molecule has 0 bridgehead atoms. The summed E-state index contributed by atoms with van der Waals surface area (Å²) in [6.07, 6.45) is -3.56. The molecule has 0 aliphatic carbocycles. The summed E-state index contributed by atoms with van der Waals surface area (Å²) in [5.41, 5.74) is -0.138. The Kier molecular flexibility index (Phi) is 7.93. The molecule has 2 aliphatic rings. The number of hydrogen-bond donors (Lipinski definition) is 2. The largest absolute Gasteiger partial charge is 0.492 e. The number of ether oxygens (including phenoxy) is 2. The third kappa shape index (κ3) is 5.82. The van der Waals surface area contributed by atoms with Crippen molar-refractivity contribution in [1.82, 2.24) is 5.32 Å². The molecule has 13 heteroatoms. The van der Waals surface area contributed by atoms with Crippen LogP contribution in [0.2, 0.25) is 0 Å². The molecule has 1 fully saturated rings. The second kappa shape index (κ2) is 10.8. The van der Waals surface area contributed by atoms with Crippen LogP contribution in [0.25, 0.3) is 0 Å². The highest BCUT2D eigenvalue weighted by Gasteiger charge is 2.46. The van der Waals surface area contributed by atoms with Gasteiger partial charge < -0.3 is 24.8 Å². The number of nitrogens with zero attached hydrogens (tertiary/aromatic N) is 1. The lowest BCUT2D eigenvalue weighted by molar-refractivity contribution is -0.167. The van der Waals surface area contributed by atoms with Crippen LogP contribution >= 0.6 is 15.9 Å². The van der Waals surface area contributed by atoms with Crippen LogP contribution in [-0.2, 0) is 22.4 Å². The Hall–Kier alpha value is -2.93. The minimum atomic E-state index is -4.71. The van der Waals surface area contributed by atoms with Crippen LogP contribution < -0.4 is 15.0 Å². The summed E-state index contributed by atoms with van der Waals surface area (Å²) in [5, 5.41) is 11.8. The quantitative estimate of drug-likeness (QED) is 0.488. The first-order valence-corrected chi connectivity index (χ1v) is 12.1. The van der Waals surface area contributed by atoms with Crippen molar-refractivity contribution in [3.8, 4) is 5.75 Å². The summed E-state index contributed by atoms with van der Waals surface area (Å²) in [5.74, 6) is -5.03. The van der Waals surface area contributed by atoms with Crippen LogP contribution in [0.3, 0.4) is 0 Å². The van der Waals surface area contributed by atoms with Gasteiger partial charge in [0.05, 0.1) is 24.3 Å². The van der Waals surface area contributed by atoms with E-state index in [9.17, 15) is 36.6 Å². The van der Waals surface area contributed by atoms with Gasteiger partial charge in [-0.3, -0.25) is 4.79 Å². The highest BCUT2D eigenvalue weighted by molar-refractivity contribution is 9.10. The van der Waals surface area contributed by atoms with Crippen molar-refractivity contribution in [3.63, 3.8) is 0 Å². The van der Waals surface area contributed by atoms with Gasteiger partial charge in [-0.15, -0.1) is 0 Å². The molecule has 0 radical (unpaired) electrons. The Morgan fingerprint density at radius 1 is 1.19 bits per heavy atom. The van der Waals surface area contributed by atoms with E-state index >= 15 is 0 Å². The average molecular weight is 593 g/mol. The first kappa shape index (κ1) is 27.1. The molecule has 2 aromatic rings. The second-order valence-corrected chi connectivity index (χ2v) is 9.50. The molecule has 2 aliphatic heterocycles. The predicted molar refractivity (Wildman–Crippen MR) is 125 cm³/mol. The Morgan fingerprint density at radius 2 is 1.89 bits per heavy atom. The third-order valence-electron chi connectivity index (χ3n) is 6.25. The summed E-state index contributed by atoms with van der Waals surface area (Å²) < 4.78 is 81.1. The number of nitrogens with one attached hydrogen (secondary N) is 1. The summed E-state index contributed by atoms with van der Waals surface area (Å²) in [6.45, 7) is -0.559. The molecule has 4 rings (SSSR count). The number of amides is 1. The van der Waals surface area contributed by atoms with Gasteiger partial charge in [-0.05, 0) is 58.1 Å². The van der Waals surface area contributed by atoms with Gasteiger partial charge in [-0.25, -0.2) is 13.6 Å². The number of rotatable bonds is 6. The maximum absolute atomic E-state index is 14.9. The van der Waals surface area contributed by atoms with Crippen LogP contribution in [0.1, 0.15) is 27.9 Å². The lowest BCUT2D eigenvalue weighted by atomic mass is 9.95. The smallest absolute Gasteiger partial charge is 0.411 e. The molecule has 7 nitrogen and oxygen atoms in total. The maximum atomic E-state index is 14.9. The van der Waals surface area contributed by atoms with Crippen molar-refractivity contribution < 1.29 is 46.1 Å². The van der Waals surface area contributed by atoms with Gasteiger partial charge in [0.25, 0.3) is 5.91 Å². The van der Waals surface area contributed by atoms with Crippen molar-refractivity contribution >= 4 is 33.5 Å². The molecule has 1 amide bonds. The van der Waals surface area contributed by atoms with Gasteiger partial charge in [0.15, 0.2) is 0 Å². The highest BCUT2D eigenvalue weighted by atomic mass is 79.9. The lowest BCUT2D eigenvalue weighted by Crippen LogP contribution is -2.53. The van der Waals surface area contributed by atoms with Gasteiger partial charge in [0, 0.05) is 18.7 Å². The van der Waals surface area contributed by atoms with Gasteiger partial charge in [0.1, 0.15) is 35.0 Å². The lowest BCUT2D eigenvalue weighted by Gasteiger charge is -2.38. The molecule has 200 valence electrons. The van der Waals surface area contributed by atoms with E-state index < -0.39 is 59.6 Å². The number of carboxylic acid groups (broad SMARTS) is 1. The molecule has 0 spiro atoms. The minimum Gasteiger partial charge on any atom is -0.492 e. The Morgan fingerprint density at radius 3 is 2.54 bits per heavy atom. The van der Waals surface area contributed by atoms with Gasteiger partial charge in [-0.2, -0.15) is 13.2 Å². The number of anilines is 1. The standard InChI is InChI=1S/C24H22BrF5N2O5/c25-15-4-3-12(14-2-1-6-37-21(14)15)8-18(23(34)35)31-22(33)20-16(26)9-13(10-17(20)27)32-5-7-36-11-19(32)24(28,29)30/h3-4,9-10,18-19H,1-2,5-8,11H2,(H,31,33)(H,34,35). The summed E-state index contributed by atoms with van der Waals surface area (Å²) >= 11 is 3.38. The summed E-state index contributed by atoms with van der Waals surface area (Å²) in [6, 6.07) is 0.956. The van der Waals surface area contributed by atoms with E-state index in [1.807, 2.05) is 0 Å². The van der Waals surface area contributed by atoms with E-state index in [0.29, 0.717) is 47.4 Å². The van der Waals surface area contributed by atoms with E-state index in [4.69, 9.17) is 9.47 Å². The van der Waals surface area contributed by atoms with Crippen LogP contribution in [0.15, 0.2) is 28.7 Å². The molecule has 2 atom stereocenters. The number of benzene rings is 2. The topological polar surface area (TPSA) is 88.1 Å². The normalized spacial score (nSPS) is 18.5. The van der Waals surface area contributed by atoms with E-state index in [1.54, 1.807) is 12.1 Å². The number of carbonyl (C=O) groups is 2. The zero-order valence-electron chi connectivity index (χ0n) is 19.2. The number of halogens is 6. The molecule has 2 unspecified atom stereocenters. The number of alkyl halides is 3. The van der Waals surface area contributed by atoms with Gasteiger partial charge in [0.2, 0.25) is 0 Å². The summed E-state index contributed by atoms with van der Waals surface area (Å²) in [4.78, 5) is 25.4. The molecular formula is C24H22BrF5N2O5. The number of carbonyl (C=O) groups excluding carboxylic acids is 1. The molecule has 2 N–H and O–H groups in total. The molecule has 2 heterocycles. The number of aliphatic carboxylic acids is 1. The fourth-order valence-electron chi connectivity index (χ4n) is 4.46. The van der Waals surface area contributed by atoms with Crippen molar-refractivity contribution in [1.29, 1.82) is 0 Å². The van der Waals surface area contributed by atoms with Crippen molar-refractivity contribution in [3.05, 3.63) is 57.1 Å². The zero-order chi connectivity index (χ0) is 26.9. The number of fused-ring (bicyclic) bond motifs is 1. The van der Waals surface area contributed by atoms with E-state index in [0.717, 1.165) is 10.5 Å². The Labute approximate surface area is 216 Å². The van der Waals surface area contributed by atoms with Gasteiger partial charge in [-0.1, -0.05) is 6.07 Å². The predicted octanol–water partition coefficient (Wildman–Crippen LogP) is 4.25. The van der Waals surface area contributed by atoms with E-state index in [2.05, 4.69) is 21.2 Å². The Balaban J connectivity index is 1.57. The molecular weight excluding hydrogens is 571 g/mol. The maximum Gasteiger partial charge on any atom is 0.411 e. The fourth-order valence-corrected chi connectivity index (χ4v) is 4.95. The van der Waals surface area contributed by atoms with Crippen molar-refractivity contribution in [2.45, 2.75) is 37.5 Å². The van der Waals surface area contributed by atoms with Crippen LogP contribution in [-0.4, -0.2) is 61.6 Å². The van der Waals surface area contributed by atoms with Crippen molar-refractivity contribution in [2.24, 2.45) is 0 Å². The highest BCUT2D eigenvalue weighted by Crippen LogP contribution is 2.36. The molecule has 37 heavy (non-hydrogen) atoms. The number of carboxylic acids is 1. The van der Waals surface area contributed by atoms with Crippen LogP contribution in [0.4, 0.5) is 27.6 Å². The SMILES string of the molecule is O=C(NC(Cc1ccc(Br)c2c1CCCO2)C(=O)O)c1c(F)cc(N2CCOCC2C(F)(F)F)cc1F. The van der Waals surface area contributed by atoms with Gasteiger partial charge >= 0.3 is 12.1 Å². The van der Waals surface area contributed by atoms with Crippen LogP contribution in [0.5, 0.6) is 5.75 Å². The molecule has 0 aromatic heterocycles. The third-order valence-corrected chi connectivity index (χ3v) is 6.87. The fraction of sp³-hybridized carbons (Fsp3) is 0.417. The molecule has 2 aromatic carbocycles. The number of hydrogen-bond acceptors (Lipinski definition) is 5. The average Bonchev–Trinajstić information content (AvgIpc) is 2.84. The van der Waals surface area contributed by atoms with Crippen molar-refractivity contribution in [2.75, 3.05) is 31.3 Å². The monoisotopic (exact) mass is 592 g/mol. The van der Waals surface area contributed by atoms with E-state index in [-0.39, 0.29) is 19.6 Å². The number of morpholine rings is 1. The molecule has 1 saturated heterocycles. The first-order chi connectivity index (χ1) is 17.5.